The molecule has 0 unspecified atom stereocenters. The number of hydrogen-bond donors (Lipinski definition) is 1. The van der Waals surface area contributed by atoms with Gasteiger partial charge in [-0.15, -0.1) is 0 Å². The molecular formula is C16H15N3S. The summed E-state index contributed by atoms with van der Waals surface area (Å²) in [7, 11) is 0. The Balaban J connectivity index is 1.70. The smallest absolute Gasteiger partial charge is 0.186 e. The van der Waals surface area contributed by atoms with E-state index in [1.54, 1.807) is 11.3 Å². The van der Waals surface area contributed by atoms with Crippen LogP contribution >= 0.6 is 11.3 Å². The van der Waals surface area contributed by atoms with Crippen LogP contribution in [0, 0.1) is 0 Å². The van der Waals surface area contributed by atoms with Gasteiger partial charge in [0, 0.05) is 18.8 Å². The van der Waals surface area contributed by atoms with Gasteiger partial charge < -0.3 is 10.6 Å². The van der Waals surface area contributed by atoms with Gasteiger partial charge in [0.2, 0.25) is 0 Å². The van der Waals surface area contributed by atoms with Crippen molar-refractivity contribution >= 4 is 32.4 Å². The monoisotopic (exact) mass is 281 g/mol. The summed E-state index contributed by atoms with van der Waals surface area (Å²) in [5.74, 6) is 0. The molecule has 100 valence electrons. The van der Waals surface area contributed by atoms with Crippen LogP contribution in [0.1, 0.15) is 11.1 Å². The van der Waals surface area contributed by atoms with Crippen molar-refractivity contribution in [2.24, 2.45) is 0 Å². The number of anilines is 2. The van der Waals surface area contributed by atoms with Gasteiger partial charge in [0.1, 0.15) is 0 Å². The van der Waals surface area contributed by atoms with Gasteiger partial charge in [-0.2, -0.15) is 0 Å². The fraction of sp³-hybridized carbons (Fsp3) is 0.188. The summed E-state index contributed by atoms with van der Waals surface area (Å²) in [6, 6.07) is 14.6. The largest absolute Gasteiger partial charge is 0.399 e. The van der Waals surface area contributed by atoms with Crippen molar-refractivity contribution in [3.05, 3.63) is 53.6 Å². The van der Waals surface area contributed by atoms with Crippen LogP contribution in [0.15, 0.2) is 42.5 Å². The summed E-state index contributed by atoms with van der Waals surface area (Å²) in [6.45, 7) is 1.98. The molecule has 4 rings (SSSR count). The van der Waals surface area contributed by atoms with E-state index in [0.717, 1.165) is 35.8 Å². The zero-order chi connectivity index (χ0) is 13.5. The van der Waals surface area contributed by atoms with Gasteiger partial charge in [-0.25, -0.2) is 4.98 Å². The first-order valence-electron chi connectivity index (χ1n) is 6.77. The van der Waals surface area contributed by atoms with Gasteiger partial charge in [0.15, 0.2) is 5.13 Å². The highest BCUT2D eigenvalue weighted by atomic mass is 32.1. The zero-order valence-electron chi connectivity index (χ0n) is 11.0. The molecule has 0 atom stereocenters. The molecule has 0 aliphatic carbocycles. The predicted molar refractivity (Wildman–Crippen MR) is 85.2 cm³/mol. The van der Waals surface area contributed by atoms with Gasteiger partial charge in [0.05, 0.1) is 10.2 Å². The Bertz CT molecular complexity index is 778. The minimum atomic E-state index is 0.802. The van der Waals surface area contributed by atoms with Crippen LogP contribution in [0.5, 0.6) is 0 Å². The van der Waals surface area contributed by atoms with Crippen LogP contribution in [0.25, 0.3) is 10.2 Å². The van der Waals surface area contributed by atoms with Crippen molar-refractivity contribution in [2.45, 2.75) is 13.0 Å². The molecule has 20 heavy (non-hydrogen) atoms. The summed E-state index contributed by atoms with van der Waals surface area (Å²) in [5.41, 5.74) is 10.6. The second kappa shape index (κ2) is 4.49. The van der Waals surface area contributed by atoms with E-state index in [4.69, 9.17) is 10.7 Å². The SMILES string of the molecule is Nc1ccc2nc(N3CCc4ccccc4C3)sc2c1. The molecule has 2 aromatic carbocycles. The Labute approximate surface area is 121 Å². The maximum atomic E-state index is 5.84. The second-order valence-corrected chi connectivity index (χ2v) is 6.17. The number of nitrogens with two attached hydrogens (primary N) is 1. The molecule has 0 amide bonds. The van der Waals surface area contributed by atoms with Crippen molar-refractivity contribution < 1.29 is 0 Å². The van der Waals surface area contributed by atoms with Gasteiger partial charge in [0.25, 0.3) is 0 Å². The zero-order valence-corrected chi connectivity index (χ0v) is 11.9. The maximum Gasteiger partial charge on any atom is 0.186 e. The van der Waals surface area contributed by atoms with Crippen LogP contribution in [0.4, 0.5) is 10.8 Å². The second-order valence-electron chi connectivity index (χ2n) is 5.16. The lowest BCUT2D eigenvalue weighted by atomic mass is 10.0. The third kappa shape index (κ3) is 1.93. The topological polar surface area (TPSA) is 42.1 Å². The van der Waals surface area contributed by atoms with E-state index < -0.39 is 0 Å². The van der Waals surface area contributed by atoms with E-state index >= 15 is 0 Å². The number of aromatic nitrogens is 1. The number of nitrogen functional groups attached to an aromatic ring is 1. The van der Waals surface area contributed by atoms with Crippen LogP contribution in [-0.2, 0) is 13.0 Å². The lowest BCUT2D eigenvalue weighted by molar-refractivity contribution is 0.730. The first-order chi connectivity index (χ1) is 9.79. The van der Waals surface area contributed by atoms with Gasteiger partial charge >= 0.3 is 0 Å². The minimum Gasteiger partial charge on any atom is -0.399 e. The van der Waals surface area contributed by atoms with Crippen LogP contribution in [0.2, 0.25) is 0 Å². The molecule has 1 aliphatic rings. The maximum absolute atomic E-state index is 5.84. The van der Waals surface area contributed by atoms with E-state index in [1.165, 1.54) is 15.8 Å². The number of nitrogens with zero attached hydrogens (tertiary/aromatic N) is 2. The van der Waals surface area contributed by atoms with Crippen LogP contribution in [-0.4, -0.2) is 11.5 Å². The van der Waals surface area contributed by atoms with Crippen molar-refractivity contribution in [3.63, 3.8) is 0 Å². The third-order valence-corrected chi connectivity index (χ3v) is 4.88. The molecular weight excluding hydrogens is 266 g/mol. The number of benzene rings is 2. The fourth-order valence-electron chi connectivity index (χ4n) is 2.72. The third-order valence-electron chi connectivity index (χ3n) is 3.80. The first kappa shape index (κ1) is 11.7. The molecule has 0 spiro atoms. The van der Waals surface area contributed by atoms with Gasteiger partial charge in [-0.1, -0.05) is 35.6 Å². The average molecular weight is 281 g/mol. The number of rotatable bonds is 1. The Kier molecular flexibility index (Phi) is 2.63. The molecule has 3 nitrogen and oxygen atoms in total. The summed E-state index contributed by atoms with van der Waals surface area (Å²) in [6.07, 6.45) is 1.09. The Morgan fingerprint density at radius 2 is 1.95 bits per heavy atom. The molecule has 0 bridgehead atoms. The van der Waals surface area contributed by atoms with Gasteiger partial charge in [-0.05, 0) is 35.7 Å². The number of fused-ring (bicyclic) bond motifs is 2. The summed E-state index contributed by atoms with van der Waals surface area (Å²) in [5, 5.41) is 1.10. The Morgan fingerprint density at radius 1 is 1.10 bits per heavy atom. The fourth-order valence-corrected chi connectivity index (χ4v) is 3.76. The predicted octanol–water partition coefficient (Wildman–Crippen LogP) is 3.44. The van der Waals surface area contributed by atoms with Crippen molar-refractivity contribution in [3.8, 4) is 0 Å². The van der Waals surface area contributed by atoms with Crippen LogP contribution < -0.4 is 10.6 Å². The van der Waals surface area contributed by atoms with Gasteiger partial charge in [-0.3, -0.25) is 0 Å². The molecule has 1 aromatic heterocycles. The molecule has 3 aromatic rings. The average Bonchev–Trinajstić information content (AvgIpc) is 2.89. The van der Waals surface area contributed by atoms with Crippen LogP contribution in [0.3, 0.4) is 0 Å². The standard InChI is InChI=1S/C16H15N3S/c17-13-5-6-14-15(9-13)20-16(18-14)19-8-7-11-3-1-2-4-12(11)10-19/h1-6,9H,7-8,10,17H2. The van der Waals surface area contributed by atoms with E-state index in [2.05, 4.69) is 29.2 Å². The lowest BCUT2D eigenvalue weighted by Crippen LogP contribution is -2.30. The van der Waals surface area contributed by atoms with E-state index in [1.807, 2.05) is 18.2 Å². The first-order valence-corrected chi connectivity index (χ1v) is 7.59. The Hall–Kier alpha value is -2.07. The lowest BCUT2D eigenvalue weighted by Gasteiger charge is -2.28. The molecule has 1 aliphatic heterocycles. The van der Waals surface area contributed by atoms with Crippen molar-refractivity contribution in [2.75, 3.05) is 17.2 Å². The van der Waals surface area contributed by atoms with E-state index in [9.17, 15) is 0 Å². The molecule has 4 heteroatoms. The molecule has 0 fully saturated rings. The van der Waals surface area contributed by atoms with Crippen molar-refractivity contribution in [1.82, 2.24) is 4.98 Å². The Morgan fingerprint density at radius 3 is 2.85 bits per heavy atom. The van der Waals surface area contributed by atoms with E-state index in [-0.39, 0.29) is 0 Å². The molecule has 2 heterocycles. The molecule has 0 saturated heterocycles. The molecule has 2 N–H and O–H groups in total. The highest BCUT2D eigenvalue weighted by molar-refractivity contribution is 7.22. The summed E-state index contributed by atoms with van der Waals surface area (Å²) in [4.78, 5) is 7.10. The quantitative estimate of drug-likeness (QED) is 0.695. The normalized spacial score (nSPS) is 14.5. The molecule has 0 radical (unpaired) electrons. The highest BCUT2D eigenvalue weighted by Crippen LogP contribution is 2.32. The van der Waals surface area contributed by atoms with E-state index in [0.29, 0.717) is 0 Å². The summed E-state index contributed by atoms with van der Waals surface area (Å²) >= 11 is 1.73. The highest BCUT2D eigenvalue weighted by Gasteiger charge is 2.18. The number of thiazole rings is 1. The number of hydrogen-bond acceptors (Lipinski definition) is 4. The van der Waals surface area contributed by atoms with Crippen molar-refractivity contribution in [1.29, 1.82) is 0 Å². The minimum absolute atomic E-state index is 0.802. The molecule has 0 saturated carbocycles. The summed E-state index contributed by atoms with van der Waals surface area (Å²) < 4.78 is 1.17.